The van der Waals surface area contributed by atoms with Crippen LogP contribution < -0.4 is 5.73 Å². The summed E-state index contributed by atoms with van der Waals surface area (Å²) in [5.74, 6) is 0.506. The molecule has 0 radical (unpaired) electrons. The van der Waals surface area contributed by atoms with Gasteiger partial charge in [-0.25, -0.2) is 4.98 Å². The van der Waals surface area contributed by atoms with Crippen molar-refractivity contribution < 1.29 is 0 Å². The molecule has 0 fully saturated rings. The Hall–Kier alpha value is -0.830. The molecule has 1 rings (SSSR count). The summed E-state index contributed by atoms with van der Waals surface area (Å²) in [6.07, 6.45) is 4.82. The van der Waals surface area contributed by atoms with E-state index in [1.807, 2.05) is 12.5 Å². The van der Waals surface area contributed by atoms with Crippen LogP contribution in [0.25, 0.3) is 0 Å². The number of hydrogen-bond donors (Lipinski definition) is 1. The number of nitrogens with two attached hydrogens (primary N) is 1. The molecule has 0 bridgehead atoms. The van der Waals surface area contributed by atoms with Crippen molar-refractivity contribution in [3.05, 3.63) is 18.2 Å². The quantitative estimate of drug-likeness (QED) is 0.795. The fraction of sp³-hybridized carbons (Fsp3) is 0.727. The lowest BCUT2D eigenvalue weighted by atomic mass is 9.88. The minimum absolute atomic E-state index is 0.0121. The van der Waals surface area contributed by atoms with Crippen LogP contribution in [0.15, 0.2) is 12.5 Å². The number of imidazole rings is 1. The number of aromatic nitrogens is 2. The third-order valence-electron chi connectivity index (χ3n) is 3.28. The minimum atomic E-state index is -0.0121. The van der Waals surface area contributed by atoms with Gasteiger partial charge in [0, 0.05) is 18.4 Å². The molecule has 1 aromatic rings. The fourth-order valence-corrected chi connectivity index (χ4v) is 1.66. The van der Waals surface area contributed by atoms with E-state index in [-0.39, 0.29) is 5.54 Å². The number of aryl methyl sites for hydroxylation is 1. The average molecular weight is 195 g/mol. The zero-order valence-electron chi connectivity index (χ0n) is 9.62. The Morgan fingerprint density at radius 3 is 2.64 bits per heavy atom. The first-order valence-electron chi connectivity index (χ1n) is 5.28. The van der Waals surface area contributed by atoms with E-state index in [4.69, 9.17) is 5.73 Å². The summed E-state index contributed by atoms with van der Waals surface area (Å²) in [5, 5.41) is 0. The molecule has 1 heterocycles. The number of rotatable bonds is 4. The van der Waals surface area contributed by atoms with Crippen LogP contribution in [-0.2, 0) is 12.0 Å². The van der Waals surface area contributed by atoms with Crippen LogP contribution >= 0.6 is 0 Å². The molecular formula is C11H21N3. The van der Waals surface area contributed by atoms with Crippen LogP contribution in [0, 0.1) is 5.92 Å². The molecule has 0 saturated heterocycles. The predicted octanol–water partition coefficient (Wildman–Crippen LogP) is 1.78. The molecule has 1 atom stereocenters. The molecule has 80 valence electrons. The first-order valence-corrected chi connectivity index (χ1v) is 5.28. The van der Waals surface area contributed by atoms with E-state index >= 15 is 0 Å². The van der Waals surface area contributed by atoms with Crippen molar-refractivity contribution >= 4 is 0 Å². The Balaban J connectivity index is 3.11. The normalized spacial score (nSPS) is 15.9. The number of hydrogen-bond acceptors (Lipinski definition) is 2. The van der Waals surface area contributed by atoms with Crippen molar-refractivity contribution in [2.24, 2.45) is 11.7 Å². The molecule has 3 nitrogen and oxygen atoms in total. The maximum atomic E-state index is 5.87. The largest absolute Gasteiger partial charge is 0.328 e. The molecule has 14 heavy (non-hydrogen) atoms. The van der Waals surface area contributed by atoms with Gasteiger partial charge >= 0.3 is 0 Å². The molecule has 0 amide bonds. The minimum Gasteiger partial charge on any atom is -0.328 e. The Labute approximate surface area is 86.3 Å². The van der Waals surface area contributed by atoms with Gasteiger partial charge in [0.25, 0.3) is 0 Å². The monoisotopic (exact) mass is 195 g/mol. The van der Waals surface area contributed by atoms with Gasteiger partial charge in [0.05, 0.1) is 11.9 Å². The van der Waals surface area contributed by atoms with Crippen LogP contribution in [0.5, 0.6) is 0 Å². The fourth-order valence-electron chi connectivity index (χ4n) is 1.66. The number of nitrogens with zero attached hydrogens (tertiary/aromatic N) is 2. The van der Waals surface area contributed by atoms with Crippen molar-refractivity contribution in [1.29, 1.82) is 0 Å². The molecule has 3 heteroatoms. The maximum absolute atomic E-state index is 5.87. The Morgan fingerprint density at radius 1 is 1.57 bits per heavy atom. The smallest absolute Gasteiger partial charge is 0.0953 e. The van der Waals surface area contributed by atoms with Crippen LogP contribution in [0.4, 0.5) is 0 Å². The zero-order chi connectivity index (χ0) is 10.8. The standard InChI is InChI=1S/C11H21N3/c1-5-10-6-13-8-14(10)11(4,7-12)9(2)3/h6,8-9H,5,7,12H2,1-4H3. The van der Waals surface area contributed by atoms with E-state index in [1.165, 1.54) is 5.69 Å². The molecule has 0 aromatic carbocycles. The lowest BCUT2D eigenvalue weighted by molar-refractivity contribution is 0.225. The van der Waals surface area contributed by atoms with Gasteiger partial charge in [-0.1, -0.05) is 20.8 Å². The molecule has 0 aliphatic rings. The Kier molecular flexibility index (Phi) is 3.32. The van der Waals surface area contributed by atoms with Gasteiger partial charge in [-0.05, 0) is 19.3 Å². The summed E-state index contributed by atoms with van der Waals surface area (Å²) >= 11 is 0. The van der Waals surface area contributed by atoms with Crippen LogP contribution in [0.1, 0.15) is 33.4 Å². The third kappa shape index (κ3) is 1.69. The van der Waals surface area contributed by atoms with Crippen LogP contribution in [0.3, 0.4) is 0 Å². The molecule has 0 aliphatic carbocycles. The average Bonchev–Trinajstić information content (AvgIpc) is 2.64. The van der Waals surface area contributed by atoms with E-state index in [2.05, 4.69) is 37.2 Å². The molecule has 1 unspecified atom stereocenters. The maximum Gasteiger partial charge on any atom is 0.0953 e. The second-order valence-corrected chi connectivity index (χ2v) is 4.32. The van der Waals surface area contributed by atoms with Crippen molar-refractivity contribution in [3.63, 3.8) is 0 Å². The first-order chi connectivity index (χ1) is 6.56. The molecular weight excluding hydrogens is 174 g/mol. The van der Waals surface area contributed by atoms with E-state index in [0.29, 0.717) is 12.5 Å². The van der Waals surface area contributed by atoms with Crippen LogP contribution in [0.2, 0.25) is 0 Å². The second kappa shape index (κ2) is 4.13. The predicted molar refractivity (Wildman–Crippen MR) is 59.1 cm³/mol. The van der Waals surface area contributed by atoms with Crippen molar-refractivity contribution in [2.45, 2.75) is 39.7 Å². The van der Waals surface area contributed by atoms with Gasteiger partial charge in [0.1, 0.15) is 0 Å². The van der Waals surface area contributed by atoms with Gasteiger partial charge in [-0.15, -0.1) is 0 Å². The van der Waals surface area contributed by atoms with E-state index < -0.39 is 0 Å². The SMILES string of the molecule is CCc1cncn1C(C)(CN)C(C)C. The summed E-state index contributed by atoms with van der Waals surface area (Å²) in [6.45, 7) is 9.38. The van der Waals surface area contributed by atoms with Gasteiger partial charge < -0.3 is 10.3 Å². The lowest BCUT2D eigenvalue weighted by Crippen LogP contribution is -2.43. The second-order valence-electron chi connectivity index (χ2n) is 4.32. The Bertz CT molecular complexity index is 290. The van der Waals surface area contributed by atoms with Crippen LogP contribution in [-0.4, -0.2) is 16.1 Å². The summed E-state index contributed by atoms with van der Waals surface area (Å²) < 4.78 is 2.22. The summed E-state index contributed by atoms with van der Waals surface area (Å²) in [7, 11) is 0. The van der Waals surface area contributed by atoms with Gasteiger partial charge in [-0.2, -0.15) is 0 Å². The third-order valence-corrected chi connectivity index (χ3v) is 3.28. The van der Waals surface area contributed by atoms with E-state index in [9.17, 15) is 0 Å². The van der Waals surface area contributed by atoms with Gasteiger partial charge in [-0.3, -0.25) is 0 Å². The van der Waals surface area contributed by atoms with E-state index in [0.717, 1.165) is 6.42 Å². The highest BCUT2D eigenvalue weighted by atomic mass is 15.1. The summed E-state index contributed by atoms with van der Waals surface area (Å²) in [4.78, 5) is 4.20. The lowest BCUT2D eigenvalue weighted by Gasteiger charge is -2.35. The van der Waals surface area contributed by atoms with E-state index in [1.54, 1.807) is 0 Å². The summed E-state index contributed by atoms with van der Waals surface area (Å²) in [6, 6.07) is 0. The Morgan fingerprint density at radius 2 is 2.21 bits per heavy atom. The molecule has 0 saturated carbocycles. The van der Waals surface area contributed by atoms with Crippen molar-refractivity contribution in [1.82, 2.24) is 9.55 Å². The zero-order valence-corrected chi connectivity index (χ0v) is 9.62. The molecule has 1 aromatic heterocycles. The highest BCUT2D eigenvalue weighted by Gasteiger charge is 2.29. The van der Waals surface area contributed by atoms with Crippen molar-refractivity contribution in [2.75, 3.05) is 6.54 Å². The van der Waals surface area contributed by atoms with Crippen molar-refractivity contribution in [3.8, 4) is 0 Å². The highest BCUT2D eigenvalue weighted by molar-refractivity contribution is 5.04. The summed E-state index contributed by atoms with van der Waals surface area (Å²) in [5.41, 5.74) is 7.12. The first kappa shape index (κ1) is 11.2. The van der Waals surface area contributed by atoms with Gasteiger partial charge in [0.2, 0.25) is 0 Å². The molecule has 0 aliphatic heterocycles. The molecule has 2 N–H and O–H groups in total. The highest BCUT2D eigenvalue weighted by Crippen LogP contribution is 2.26. The van der Waals surface area contributed by atoms with Gasteiger partial charge in [0.15, 0.2) is 0 Å². The molecule has 0 spiro atoms. The topological polar surface area (TPSA) is 43.8 Å².